The van der Waals surface area contributed by atoms with Gasteiger partial charge in [-0.15, -0.1) is 5.10 Å². The third kappa shape index (κ3) is 5.21. The highest BCUT2D eigenvalue weighted by Crippen LogP contribution is 2.30. The van der Waals surface area contributed by atoms with Crippen LogP contribution in [0.25, 0.3) is 11.8 Å². The number of tetrazole rings is 1. The van der Waals surface area contributed by atoms with Gasteiger partial charge in [-0.25, -0.2) is 0 Å². The highest BCUT2D eigenvalue weighted by atomic mass is 15.6. The zero-order valence-corrected chi connectivity index (χ0v) is 20.3. The number of nitrogens with zero attached hydrogens (tertiary/aromatic N) is 7. The minimum atomic E-state index is -0.0697. The Hall–Kier alpha value is -3.68. The van der Waals surface area contributed by atoms with Gasteiger partial charge < -0.3 is 0 Å². The summed E-state index contributed by atoms with van der Waals surface area (Å²) >= 11 is 0. The van der Waals surface area contributed by atoms with Crippen LogP contribution in [0, 0.1) is 13.8 Å². The van der Waals surface area contributed by atoms with Crippen molar-refractivity contribution in [2.45, 2.75) is 19.9 Å². The van der Waals surface area contributed by atoms with Crippen LogP contribution >= 0.6 is 0 Å². The molecule has 0 amide bonds. The van der Waals surface area contributed by atoms with Gasteiger partial charge in [-0.3, -0.25) is 14.8 Å². The molecule has 0 aliphatic carbocycles. The second-order valence-corrected chi connectivity index (χ2v) is 9.03. The number of piperazine rings is 1. The van der Waals surface area contributed by atoms with Gasteiger partial charge in [-0.1, -0.05) is 66.7 Å². The molecule has 0 bridgehead atoms. The molecule has 1 saturated heterocycles. The number of aryl methyl sites for hydroxylation is 2. The van der Waals surface area contributed by atoms with Crippen LogP contribution in [0.5, 0.6) is 0 Å². The van der Waals surface area contributed by atoms with Crippen molar-refractivity contribution in [3.05, 3.63) is 107 Å². The summed E-state index contributed by atoms with van der Waals surface area (Å²) in [5.41, 5.74) is 5.69. The molecule has 2 aromatic heterocycles. The number of para-hydroxylation sites is 1. The summed E-state index contributed by atoms with van der Waals surface area (Å²) in [6.07, 6.45) is 8.20. The topological polar surface area (TPSA) is 63.0 Å². The maximum atomic E-state index is 4.54. The van der Waals surface area contributed by atoms with E-state index in [9.17, 15) is 0 Å². The molecule has 3 heterocycles. The maximum Gasteiger partial charge on any atom is 0.178 e. The molecule has 2 aromatic carbocycles. The first kappa shape index (κ1) is 23.1. The molecule has 0 unspecified atom stereocenters. The Morgan fingerprint density at radius 3 is 2.37 bits per heavy atom. The molecule has 0 saturated carbocycles. The third-order valence-corrected chi connectivity index (χ3v) is 6.64. The molecule has 4 aromatic rings. The molecule has 0 radical (unpaired) electrons. The van der Waals surface area contributed by atoms with Gasteiger partial charge in [0.25, 0.3) is 0 Å². The summed E-state index contributed by atoms with van der Waals surface area (Å²) in [6, 6.07) is 20.8. The highest BCUT2D eigenvalue weighted by Gasteiger charge is 2.31. The SMILES string of the molecule is Cc1cccc(C)c1-n1nnnc1[C@H](c1cccnc1)N1CCN(C/C=C/c2ccccc2)CC1. The molecule has 1 aliphatic rings. The summed E-state index contributed by atoms with van der Waals surface area (Å²) in [5, 5.41) is 13.1. The van der Waals surface area contributed by atoms with E-state index in [2.05, 4.69) is 105 Å². The van der Waals surface area contributed by atoms with Gasteiger partial charge in [0.2, 0.25) is 0 Å². The lowest BCUT2D eigenvalue weighted by molar-refractivity contribution is 0.113. The average Bonchev–Trinajstić information content (AvgIpc) is 3.35. The van der Waals surface area contributed by atoms with Crippen molar-refractivity contribution in [1.29, 1.82) is 0 Å². The van der Waals surface area contributed by atoms with E-state index in [1.807, 2.05) is 29.2 Å². The highest BCUT2D eigenvalue weighted by molar-refractivity contribution is 5.49. The minimum absolute atomic E-state index is 0.0697. The summed E-state index contributed by atoms with van der Waals surface area (Å²) in [5.74, 6) is 0.827. The first-order chi connectivity index (χ1) is 17.2. The van der Waals surface area contributed by atoms with E-state index < -0.39 is 0 Å². The normalized spacial score (nSPS) is 16.1. The van der Waals surface area contributed by atoms with Gasteiger partial charge in [0.15, 0.2) is 5.82 Å². The number of pyridine rings is 1. The first-order valence-electron chi connectivity index (χ1n) is 12.1. The maximum absolute atomic E-state index is 4.54. The van der Waals surface area contributed by atoms with Crippen molar-refractivity contribution in [2.75, 3.05) is 32.7 Å². The van der Waals surface area contributed by atoms with E-state index in [0.717, 1.165) is 60.9 Å². The quantitative estimate of drug-likeness (QED) is 0.410. The zero-order valence-electron chi connectivity index (χ0n) is 20.3. The molecule has 7 nitrogen and oxygen atoms in total. The number of rotatable bonds is 7. The van der Waals surface area contributed by atoms with Gasteiger partial charge in [0, 0.05) is 45.1 Å². The molecule has 0 N–H and O–H groups in total. The van der Waals surface area contributed by atoms with Crippen LogP contribution in [0.3, 0.4) is 0 Å². The summed E-state index contributed by atoms with van der Waals surface area (Å²) < 4.78 is 1.91. The Balaban J connectivity index is 1.37. The molecule has 1 fully saturated rings. The molecule has 178 valence electrons. The van der Waals surface area contributed by atoms with Crippen molar-refractivity contribution in [2.24, 2.45) is 0 Å². The van der Waals surface area contributed by atoms with Gasteiger partial charge in [0.1, 0.15) is 0 Å². The van der Waals surface area contributed by atoms with Crippen LogP contribution in [-0.2, 0) is 0 Å². The molecule has 5 rings (SSSR count). The zero-order chi connectivity index (χ0) is 24.0. The second kappa shape index (κ2) is 10.7. The minimum Gasteiger partial charge on any atom is -0.297 e. The lowest BCUT2D eigenvalue weighted by Crippen LogP contribution is -2.48. The van der Waals surface area contributed by atoms with Crippen molar-refractivity contribution in [1.82, 2.24) is 35.0 Å². The smallest absolute Gasteiger partial charge is 0.178 e. The van der Waals surface area contributed by atoms with Gasteiger partial charge in [-0.2, -0.15) is 4.68 Å². The molecule has 1 aliphatic heterocycles. The Morgan fingerprint density at radius 2 is 1.66 bits per heavy atom. The molecular formula is C28H31N7. The number of aromatic nitrogens is 5. The fourth-order valence-electron chi connectivity index (χ4n) is 4.83. The predicted octanol–water partition coefficient (Wildman–Crippen LogP) is 4.09. The monoisotopic (exact) mass is 465 g/mol. The van der Waals surface area contributed by atoms with E-state index in [4.69, 9.17) is 0 Å². The van der Waals surface area contributed by atoms with Crippen LogP contribution < -0.4 is 0 Å². The third-order valence-electron chi connectivity index (χ3n) is 6.64. The standard InChI is InChI=1S/C28H31N7/c1-22-9-6-10-23(2)26(22)35-28(30-31-32-35)27(25-14-7-15-29-21-25)34-19-17-33(18-20-34)16-8-13-24-11-4-3-5-12-24/h3-15,21,27H,16-20H2,1-2H3/b13-8+/t27-/m0/s1. The Kier molecular flexibility index (Phi) is 7.07. The van der Waals surface area contributed by atoms with Crippen LogP contribution in [0.2, 0.25) is 0 Å². The number of hydrogen-bond donors (Lipinski definition) is 0. The lowest BCUT2D eigenvalue weighted by Gasteiger charge is -2.38. The lowest BCUT2D eigenvalue weighted by atomic mass is 10.0. The summed E-state index contributed by atoms with van der Waals surface area (Å²) in [7, 11) is 0. The second-order valence-electron chi connectivity index (χ2n) is 9.03. The van der Waals surface area contributed by atoms with Crippen molar-refractivity contribution >= 4 is 6.08 Å². The summed E-state index contributed by atoms with van der Waals surface area (Å²) in [6.45, 7) is 8.99. The van der Waals surface area contributed by atoms with Crippen LogP contribution in [0.1, 0.15) is 34.1 Å². The molecule has 35 heavy (non-hydrogen) atoms. The van der Waals surface area contributed by atoms with E-state index in [0.29, 0.717) is 0 Å². The molecule has 7 heteroatoms. The van der Waals surface area contributed by atoms with E-state index >= 15 is 0 Å². The van der Waals surface area contributed by atoms with Crippen molar-refractivity contribution in [3.63, 3.8) is 0 Å². The first-order valence-corrected chi connectivity index (χ1v) is 12.1. The fourth-order valence-corrected chi connectivity index (χ4v) is 4.83. The molecule has 0 spiro atoms. The van der Waals surface area contributed by atoms with Gasteiger partial charge in [0.05, 0.1) is 11.7 Å². The van der Waals surface area contributed by atoms with Crippen molar-refractivity contribution in [3.8, 4) is 5.69 Å². The fraction of sp³-hybridized carbons (Fsp3) is 0.286. The van der Waals surface area contributed by atoms with E-state index in [-0.39, 0.29) is 6.04 Å². The Bertz CT molecular complexity index is 1240. The van der Waals surface area contributed by atoms with Gasteiger partial charge in [-0.05, 0) is 52.6 Å². The van der Waals surface area contributed by atoms with Gasteiger partial charge >= 0.3 is 0 Å². The molecule has 1 atom stereocenters. The largest absolute Gasteiger partial charge is 0.297 e. The van der Waals surface area contributed by atoms with Crippen LogP contribution in [-0.4, -0.2) is 67.7 Å². The summed E-state index contributed by atoms with van der Waals surface area (Å²) in [4.78, 5) is 9.38. The van der Waals surface area contributed by atoms with Crippen LogP contribution in [0.4, 0.5) is 0 Å². The van der Waals surface area contributed by atoms with Crippen molar-refractivity contribution < 1.29 is 0 Å². The average molecular weight is 466 g/mol. The van der Waals surface area contributed by atoms with E-state index in [1.54, 1.807) is 0 Å². The Labute approximate surface area is 206 Å². The Morgan fingerprint density at radius 1 is 0.886 bits per heavy atom. The van der Waals surface area contributed by atoms with Crippen LogP contribution in [0.15, 0.2) is 79.1 Å². The number of hydrogen-bond acceptors (Lipinski definition) is 6. The molecular weight excluding hydrogens is 434 g/mol. The van der Waals surface area contributed by atoms with E-state index in [1.165, 1.54) is 5.56 Å². The number of benzene rings is 2. The predicted molar refractivity (Wildman–Crippen MR) is 138 cm³/mol.